The van der Waals surface area contributed by atoms with E-state index in [2.05, 4.69) is 10.6 Å². The minimum atomic E-state index is -0.850. The van der Waals surface area contributed by atoms with E-state index in [1.807, 2.05) is 12.1 Å². The van der Waals surface area contributed by atoms with Crippen LogP contribution in [0.15, 0.2) is 54.6 Å². The van der Waals surface area contributed by atoms with Crippen LogP contribution in [0, 0.1) is 5.92 Å². The molecule has 0 saturated carbocycles. The van der Waals surface area contributed by atoms with Gasteiger partial charge in [0, 0.05) is 12.1 Å². The summed E-state index contributed by atoms with van der Waals surface area (Å²) in [5.74, 6) is -0.913. The minimum Gasteiger partial charge on any atom is -0.497 e. The van der Waals surface area contributed by atoms with Crippen LogP contribution in [0.5, 0.6) is 5.75 Å². The van der Waals surface area contributed by atoms with E-state index < -0.39 is 24.5 Å². The van der Waals surface area contributed by atoms with Crippen LogP contribution in [0.1, 0.15) is 29.8 Å². The van der Waals surface area contributed by atoms with Crippen molar-refractivity contribution >= 4 is 17.8 Å². The molecule has 29 heavy (non-hydrogen) atoms. The monoisotopic (exact) mass is 398 g/mol. The number of methoxy groups -OCH3 is 1. The SMILES string of the molecule is COc1ccc(CNC(=O)COC(=O)[C@@H](NC(=O)c2ccccc2)C(C)C)cc1. The van der Waals surface area contributed by atoms with Crippen LogP contribution in [0.2, 0.25) is 0 Å². The Hall–Kier alpha value is -3.35. The molecule has 2 aromatic carbocycles. The second-order valence-corrected chi connectivity index (χ2v) is 6.79. The number of hydrogen-bond donors (Lipinski definition) is 2. The Balaban J connectivity index is 1.82. The number of rotatable bonds is 9. The lowest BCUT2D eigenvalue weighted by Gasteiger charge is -2.20. The van der Waals surface area contributed by atoms with Gasteiger partial charge >= 0.3 is 5.97 Å². The van der Waals surface area contributed by atoms with Crippen molar-refractivity contribution in [3.8, 4) is 5.75 Å². The summed E-state index contributed by atoms with van der Waals surface area (Å²) in [6.07, 6.45) is 0. The van der Waals surface area contributed by atoms with E-state index in [0.29, 0.717) is 12.1 Å². The predicted octanol–water partition coefficient (Wildman–Crippen LogP) is 2.31. The fourth-order valence-electron chi connectivity index (χ4n) is 2.53. The first kappa shape index (κ1) is 21.9. The van der Waals surface area contributed by atoms with Crippen LogP contribution in [0.4, 0.5) is 0 Å². The van der Waals surface area contributed by atoms with E-state index in [-0.39, 0.29) is 11.8 Å². The zero-order valence-electron chi connectivity index (χ0n) is 16.8. The maximum Gasteiger partial charge on any atom is 0.329 e. The third kappa shape index (κ3) is 6.95. The summed E-state index contributed by atoms with van der Waals surface area (Å²) < 4.78 is 10.2. The molecule has 0 aliphatic carbocycles. The zero-order valence-corrected chi connectivity index (χ0v) is 16.8. The third-order valence-electron chi connectivity index (χ3n) is 4.24. The van der Waals surface area contributed by atoms with Gasteiger partial charge < -0.3 is 20.1 Å². The normalized spacial score (nSPS) is 11.4. The first-order valence-electron chi connectivity index (χ1n) is 9.33. The van der Waals surface area contributed by atoms with Crippen molar-refractivity contribution in [2.75, 3.05) is 13.7 Å². The summed E-state index contributed by atoms with van der Waals surface area (Å²) in [6.45, 7) is 3.47. The first-order valence-corrected chi connectivity index (χ1v) is 9.33. The van der Waals surface area contributed by atoms with Gasteiger partial charge in [0.25, 0.3) is 11.8 Å². The maximum absolute atomic E-state index is 12.4. The predicted molar refractivity (Wildman–Crippen MR) is 108 cm³/mol. The molecule has 2 N–H and O–H groups in total. The molecule has 0 aromatic heterocycles. The zero-order chi connectivity index (χ0) is 21.2. The van der Waals surface area contributed by atoms with Gasteiger partial charge in [-0.2, -0.15) is 0 Å². The number of carbonyl (C=O) groups excluding carboxylic acids is 3. The lowest BCUT2D eigenvalue weighted by molar-refractivity contribution is -0.151. The fraction of sp³-hybridized carbons (Fsp3) is 0.318. The highest BCUT2D eigenvalue weighted by molar-refractivity contribution is 5.97. The second kappa shape index (κ2) is 10.8. The van der Waals surface area contributed by atoms with Crippen LogP contribution >= 0.6 is 0 Å². The van der Waals surface area contributed by atoms with Crippen LogP contribution < -0.4 is 15.4 Å². The van der Waals surface area contributed by atoms with Crippen LogP contribution in [0.25, 0.3) is 0 Å². The Labute approximate surface area is 170 Å². The van der Waals surface area contributed by atoms with Gasteiger partial charge in [-0.1, -0.05) is 44.2 Å². The van der Waals surface area contributed by atoms with Gasteiger partial charge in [0.2, 0.25) is 0 Å². The Morgan fingerprint density at radius 3 is 2.21 bits per heavy atom. The van der Waals surface area contributed by atoms with E-state index >= 15 is 0 Å². The number of benzene rings is 2. The molecular weight excluding hydrogens is 372 g/mol. The van der Waals surface area contributed by atoms with Gasteiger partial charge in [-0.05, 0) is 35.7 Å². The lowest BCUT2D eigenvalue weighted by atomic mass is 10.0. The number of esters is 1. The van der Waals surface area contributed by atoms with Gasteiger partial charge in [0.15, 0.2) is 6.61 Å². The lowest BCUT2D eigenvalue weighted by Crippen LogP contribution is -2.46. The summed E-state index contributed by atoms with van der Waals surface area (Å²) in [5, 5.41) is 5.35. The summed E-state index contributed by atoms with van der Waals surface area (Å²) in [7, 11) is 1.58. The van der Waals surface area contributed by atoms with Crippen molar-refractivity contribution in [1.29, 1.82) is 0 Å². The number of carbonyl (C=O) groups is 3. The van der Waals surface area contributed by atoms with Crippen LogP contribution in [0.3, 0.4) is 0 Å². The summed E-state index contributed by atoms with van der Waals surface area (Å²) >= 11 is 0. The molecular formula is C22H26N2O5. The number of amides is 2. The highest BCUT2D eigenvalue weighted by atomic mass is 16.5. The van der Waals surface area contributed by atoms with Crippen LogP contribution in [-0.4, -0.2) is 37.5 Å². The highest BCUT2D eigenvalue weighted by Crippen LogP contribution is 2.11. The van der Waals surface area contributed by atoms with E-state index in [0.717, 1.165) is 11.3 Å². The number of nitrogens with one attached hydrogen (secondary N) is 2. The van der Waals surface area contributed by atoms with Gasteiger partial charge in [0.05, 0.1) is 7.11 Å². The molecule has 0 heterocycles. The number of ether oxygens (including phenoxy) is 2. The van der Waals surface area contributed by atoms with Crippen molar-refractivity contribution < 1.29 is 23.9 Å². The van der Waals surface area contributed by atoms with E-state index in [1.165, 1.54) is 0 Å². The Bertz CT molecular complexity index is 819. The Morgan fingerprint density at radius 2 is 1.62 bits per heavy atom. The smallest absolute Gasteiger partial charge is 0.329 e. The molecule has 0 spiro atoms. The summed E-state index contributed by atoms with van der Waals surface area (Å²) in [5.41, 5.74) is 1.34. The topological polar surface area (TPSA) is 93.7 Å². The second-order valence-electron chi connectivity index (χ2n) is 6.79. The summed E-state index contributed by atoms with van der Waals surface area (Å²) in [4.78, 5) is 36.6. The van der Waals surface area contributed by atoms with E-state index in [1.54, 1.807) is 63.4 Å². The average Bonchev–Trinajstić information content (AvgIpc) is 2.74. The first-order chi connectivity index (χ1) is 13.9. The molecule has 1 atom stereocenters. The molecule has 0 unspecified atom stereocenters. The van der Waals surface area contributed by atoms with Crippen LogP contribution in [-0.2, 0) is 20.9 Å². The van der Waals surface area contributed by atoms with Crippen molar-refractivity contribution in [2.24, 2.45) is 5.92 Å². The van der Waals surface area contributed by atoms with Crippen molar-refractivity contribution in [3.63, 3.8) is 0 Å². The fourth-order valence-corrected chi connectivity index (χ4v) is 2.53. The molecule has 0 bridgehead atoms. The molecule has 2 rings (SSSR count). The molecule has 2 aromatic rings. The molecule has 0 saturated heterocycles. The van der Waals surface area contributed by atoms with Gasteiger partial charge in [-0.15, -0.1) is 0 Å². The number of hydrogen-bond acceptors (Lipinski definition) is 5. The van der Waals surface area contributed by atoms with E-state index in [4.69, 9.17) is 9.47 Å². The standard InChI is InChI=1S/C22H26N2O5/c1-15(2)20(24-21(26)17-7-5-4-6-8-17)22(27)29-14-19(25)23-13-16-9-11-18(28-3)12-10-16/h4-12,15,20H,13-14H2,1-3H3,(H,23,25)(H,24,26)/t20-/m0/s1. The van der Waals surface area contributed by atoms with Crippen molar-refractivity contribution in [1.82, 2.24) is 10.6 Å². The summed E-state index contributed by atoms with van der Waals surface area (Å²) in [6, 6.07) is 15.0. The molecule has 0 radical (unpaired) electrons. The quantitative estimate of drug-likeness (QED) is 0.632. The molecule has 7 nitrogen and oxygen atoms in total. The molecule has 154 valence electrons. The Morgan fingerprint density at radius 1 is 0.966 bits per heavy atom. The van der Waals surface area contributed by atoms with Crippen molar-refractivity contribution in [2.45, 2.75) is 26.4 Å². The molecule has 0 aliphatic heterocycles. The molecule has 2 amide bonds. The highest BCUT2D eigenvalue weighted by Gasteiger charge is 2.26. The Kier molecular flexibility index (Phi) is 8.21. The molecule has 0 fully saturated rings. The molecule has 7 heteroatoms. The van der Waals surface area contributed by atoms with Gasteiger partial charge in [-0.3, -0.25) is 9.59 Å². The van der Waals surface area contributed by atoms with E-state index in [9.17, 15) is 14.4 Å². The van der Waals surface area contributed by atoms with Gasteiger partial charge in [-0.25, -0.2) is 4.79 Å². The largest absolute Gasteiger partial charge is 0.497 e. The van der Waals surface area contributed by atoms with Crippen molar-refractivity contribution in [3.05, 3.63) is 65.7 Å². The third-order valence-corrected chi connectivity index (χ3v) is 4.24. The maximum atomic E-state index is 12.4. The van der Waals surface area contributed by atoms with Gasteiger partial charge in [0.1, 0.15) is 11.8 Å². The minimum absolute atomic E-state index is 0.197. The molecule has 0 aliphatic rings. The average molecular weight is 398 g/mol.